The van der Waals surface area contributed by atoms with E-state index in [1.165, 1.54) is 0 Å². The molecule has 2 aromatic rings. The van der Waals surface area contributed by atoms with Crippen LogP contribution in [-0.4, -0.2) is 21.3 Å². The van der Waals surface area contributed by atoms with Gasteiger partial charge in [-0.1, -0.05) is 27.7 Å². The zero-order valence-electron chi connectivity index (χ0n) is 12.8. The molecule has 1 heterocycles. The van der Waals surface area contributed by atoms with Crippen molar-refractivity contribution in [2.45, 2.75) is 46.1 Å². The van der Waals surface area contributed by atoms with Crippen LogP contribution in [0.1, 0.15) is 51.9 Å². The van der Waals surface area contributed by atoms with Gasteiger partial charge in [-0.2, -0.15) is 0 Å². The fraction of sp³-hybridized carbons (Fsp3) is 0.562. The van der Waals surface area contributed by atoms with Gasteiger partial charge in [0.25, 0.3) is 0 Å². The quantitative estimate of drug-likeness (QED) is 0.823. The number of hydrogen-bond donors (Lipinski definition) is 2. The van der Waals surface area contributed by atoms with E-state index in [9.17, 15) is 5.11 Å². The molecule has 0 bridgehead atoms. The van der Waals surface area contributed by atoms with E-state index in [2.05, 4.69) is 32.3 Å². The van der Waals surface area contributed by atoms with E-state index >= 15 is 0 Å². The molecule has 0 spiro atoms. The zero-order chi connectivity index (χ0) is 14.9. The fourth-order valence-corrected chi connectivity index (χ4v) is 2.78. The topological polar surface area (TPSA) is 64.1 Å². The van der Waals surface area contributed by atoms with Crippen molar-refractivity contribution >= 4 is 16.7 Å². The number of benzene rings is 1. The molecule has 0 saturated heterocycles. The SMILES string of the molecule is CC(C)c1nc2cc(N)ccc2n1C(CCO)C(C)C. The highest BCUT2D eigenvalue weighted by molar-refractivity contribution is 5.80. The Labute approximate surface area is 120 Å². The Morgan fingerprint density at radius 3 is 2.50 bits per heavy atom. The highest BCUT2D eigenvalue weighted by Gasteiger charge is 2.23. The number of anilines is 1. The fourth-order valence-electron chi connectivity index (χ4n) is 2.78. The largest absolute Gasteiger partial charge is 0.399 e. The second kappa shape index (κ2) is 5.83. The van der Waals surface area contributed by atoms with Gasteiger partial charge in [-0.05, 0) is 30.5 Å². The molecule has 1 aromatic carbocycles. The first kappa shape index (κ1) is 14.9. The van der Waals surface area contributed by atoms with Crippen molar-refractivity contribution in [3.63, 3.8) is 0 Å². The maximum Gasteiger partial charge on any atom is 0.112 e. The normalized spacial score (nSPS) is 13.6. The van der Waals surface area contributed by atoms with E-state index < -0.39 is 0 Å². The van der Waals surface area contributed by atoms with Gasteiger partial charge in [0.1, 0.15) is 5.82 Å². The molecule has 0 aliphatic rings. The van der Waals surface area contributed by atoms with Crippen molar-refractivity contribution in [2.24, 2.45) is 5.92 Å². The van der Waals surface area contributed by atoms with E-state index in [-0.39, 0.29) is 12.6 Å². The van der Waals surface area contributed by atoms with Crippen LogP contribution in [0.25, 0.3) is 11.0 Å². The lowest BCUT2D eigenvalue weighted by Gasteiger charge is -2.25. The van der Waals surface area contributed by atoms with Crippen LogP contribution in [0.15, 0.2) is 18.2 Å². The first-order chi connectivity index (χ1) is 9.45. The number of fused-ring (bicyclic) bond motifs is 1. The van der Waals surface area contributed by atoms with Gasteiger partial charge < -0.3 is 15.4 Å². The summed E-state index contributed by atoms with van der Waals surface area (Å²) in [4.78, 5) is 4.76. The van der Waals surface area contributed by atoms with Gasteiger partial charge in [-0.25, -0.2) is 4.98 Å². The van der Waals surface area contributed by atoms with Gasteiger partial charge in [-0.15, -0.1) is 0 Å². The molecule has 0 fully saturated rings. The Morgan fingerprint density at radius 1 is 1.25 bits per heavy atom. The Bertz CT molecular complexity index is 587. The molecule has 0 aliphatic heterocycles. The van der Waals surface area contributed by atoms with Crippen molar-refractivity contribution in [1.82, 2.24) is 9.55 Å². The highest BCUT2D eigenvalue weighted by Crippen LogP contribution is 2.32. The molecule has 1 unspecified atom stereocenters. The number of imidazole rings is 1. The van der Waals surface area contributed by atoms with E-state index in [1.807, 2.05) is 18.2 Å². The second-order valence-electron chi connectivity index (χ2n) is 6.07. The average Bonchev–Trinajstić information content (AvgIpc) is 2.73. The molecule has 0 radical (unpaired) electrons. The lowest BCUT2D eigenvalue weighted by Crippen LogP contribution is -2.19. The number of aromatic nitrogens is 2. The molecule has 2 rings (SSSR count). The Kier molecular flexibility index (Phi) is 4.33. The van der Waals surface area contributed by atoms with Gasteiger partial charge in [0.2, 0.25) is 0 Å². The van der Waals surface area contributed by atoms with E-state index in [0.717, 1.165) is 29.0 Å². The lowest BCUT2D eigenvalue weighted by molar-refractivity contribution is 0.232. The number of rotatable bonds is 5. The number of nitrogens with two attached hydrogens (primary N) is 1. The standard InChI is InChI=1S/C16H25N3O/c1-10(2)14(7-8-20)19-15-6-5-12(17)9-13(15)18-16(19)11(3)4/h5-6,9-11,14,20H,7-8,17H2,1-4H3. The van der Waals surface area contributed by atoms with Crippen LogP contribution in [0.2, 0.25) is 0 Å². The molecule has 1 atom stereocenters. The zero-order valence-corrected chi connectivity index (χ0v) is 12.8. The average molecular weight is 275 g/mol. The van der Waals surface area contributed by atoms with E-state index in [0.29, 0.717) is 11.8 Å². The molecule has 0 aliphatic carbocycles. The van der Waals surface area contributed by atoms with Crippen LogP contribution >= 0.6 is 0 Å². The molecule has 1 aromatic heterocycles. The smallest absolute Gasteiger partial charge is 0.112 e. The number of aliphatic hydroxyl groups excluding tert-OH is 1. The van der Waals surface area contributed by atoms with E-state index in [4.69, 9.17) is 10.7 Å². The minimum atomic E-state index is 0.190. The number of hydrogen-bond acceptors (Lipinski definition) is 3. The first-order valence-electron chi connectivity index (χ1n) is 7.34. The minimum absolute atomic E-state index is 0.190. The van der Waals surface area contributed by atoms with Gasteiger partial charge in [0.15, 0.2) is 0 Å². The third-order valence-electron chi connectivity index (χ3n) is 3.78. The summed E-state index contributed by atoms with van der Waals surface area (Å²) >= 11 is 0. The Hall–Kier alpha value is -1.55. The van der Waals surface area contributed by atoms with Crippen molar-refractivity contribution in [2.75, 3.05) is 12.3 Å². The predicted octanol–water partition coefficient (Wildman–Crippen LogP) is 3.32. The number of nitrogen functional groups attached to an aromatic ring is 1. The monoisotopic (exact) mass is 275 g/mol. The van der Waals surface area contributed by atoms with Gasteiger partial charge in [0.05, 0.1) is 11.0 Å². The summed E-state index contributed by atoms with van der Waals surface area (Å²) in [6.07, 6.45) is 0.743. The summed E-state index contributed by atoms with van der Waals surface area (Å²) in [6.45, 7) is 8.87. The third-order valence-corrected chi connectivity index (χ3v) is 3.78. The summed E-state index contributed by atoms with van der Waals surface area (Å²) in [6, 6.07) is 6.14. The highest BCUT2D eigenvalue weighted by atomic mass is 16.3. The summed E-state index contributed by atoms with van der Waals surface area (Å²) in [7, 11) is 0. The molecule has 0 amide bonds. The Balaban J connectivity index is 2.66. The van der Waals surface area contributed by atoms with Crippen molar-refractivity contribution in [1.29, 1.82) is 0 Å². The molecular weight excluding hydrogens is 250 g/mol. The summed E-state index contributed by atoms with van der Waals surface area (Å²) in [5.41, 5.74) is 8.65. The number of nitrogens with zero attached hydrogens (tertiary/aromatic N) is 2. The minimum Gasteiger partial charge on any atom is -0.399 e. The van der Waals surface area contributed by atoms with Gasteiger partial charge in [-0.3, -0.25) is 0 Å². The van der Waals surface area contributed by atoms with Crippen LogP contribution < -0.4 is 5.73 Å². The third kappa shape index (κ3) is 2.66. The summed E-state index contributed by atoms with van der Waals surface area (Å²) in [5.74, 6) is 1.84. The molecule has 4 heteroatoms. The summed E-state index contributed by atoms with van der Waals surface area (Å²) < 4.78 is 2.29. The van der Waals surface area contributed by atoms with Crippen molar-refractivity contribution in [3.8, 4) is 0 Å². The lowest BCUT2D eigenvalue weighted by atomic mass is 10.00. The molecular formula is C16H25N3O. The van der Waals surface area contributed by atoms with Gasteiger partial charge >= 0.3 is 0 Å². The van der Waals surface area contributed by atoms with Crippen LogP contribution in [0.3, 0.4) is 0 Å². The molecule has 3 N–H and O–H groups in total. The van der Waals surface area contributed by atoms with Crippen molar-refractivity contribution in [3.05, 3.63) is 24.0 Å². The predicted molar refractivity (Wildman–Crippen MR) is 83.8 cm³/mol. The molecule has 4 nitrogen and oxygen atoms in total. The summed E-state index contributed by atoms with van der Waals surface area (Å²) in [5, 5.41) is 9.38. The van der Waals surface area contributed by atoms with Gasteiger partial charge in [0, 0.05) is 24.3 Å². The second-order valence-corrected chi connectivity index (χ2v) is 6.07. The molecule has 0 saturated carbocycles. The number of aliphatic hydroxyl groups is 1. The van der Waals surface area contributed by atoms with Crippen LogP contribution in [-0.2, 0) is 0 Å². The molecule has 110 valence electrons. The van der Waals surface area contributed by atoms with Crippen LogP contribution in [0, 0.1) is 5.92 Å². The van der Waals surface area contributed by atoms with Crippen molar-refractivity contribution < 1.29 is 5.11 Å². The van der Waals surface area contributed by atoms with Crippen LogP contribution in [0.5, 0.6) is 0 Å². The van der Waals surface area contributed by atoms with Crippen LogP contribution in [0.4, 0.5) is 5.69 Å². The Morgan fingerprint density at radius 2 is 1.95 bits per heavy atom. The maximum atomic E-state index is 9.38. The first-order valence-corrected chi connectivity index (χ1v) is 7.34. The molecule has 20 heavy (non-hydrogen) atoms. The maximum absolute atomic E-state index is 9.38. The van der Waals surface area contributed by atoms with E-state index in [1.54, 1.807) is 0 Å².